The van der Waals surface area contributed by atoms with Gasteiger partial charge in [-0.2, -0.15) is 0 Å². The van der Waals surface area contributed by atoms with Crippen molar-refractivity contribution in [1.82, 2.24) is 0 Å². The number of ether oxygens (including phenoxy) is 1. The molecule has 0 aliphatic carbocycles. The quantitative estimate of drug-likeness (QED) is 0.601. The molecule has 136 valence electrons. The van der Waals surface area contributed by atoms with Crippen molar-refractivity contribution in [2.45, 2.75) is 26.2 Å². The Hall–Kier alpha value is -3.07. The van der Waals surface area contributed by atoms with Gasteiger partial charge in [0.15, 0.2) is 0 Å². The van der Waals surface area contributed by atoms with Gasteiger partial charge >= 0.3 is 0 Å². The number of rotatable bonds is 4. The fourth-order valence-corrected chi connectivity index (χ4v) is 3.72. The molecule has 0 spiro atoms. The summed E-state index contributed by atoms with van der Waals surface area (Å²) in [6, 6.07) is 23.8. The van der Waals surface area contributed by atoms with E-state index in [1.807, 2.05) is 65.6 Å². The third-order valence-electron chi connectivity index (χ3n) is 4.95. The molecule has 3 nitrogen and oxygen atoms in total. The van der Waals surface area contributed by atoms with Gasteiger partial charge in [-0.25, -0.2) is 0 Å². The minimum absolute atomic E-state index is 0.0886. The summed E-state index contributed by atoms with van der Waals surface area (Å²) in [6.07, 6.45) is 0.895. The zero-order valence-corrected chi connectivity index (χ0v) is 15.7. The minimum atomic E-state index is -0.363. The van der Waals surface area contributed by atoms with Gasteiger partial charge in [-0.3, -0.25) is 4.79 Å². The van der Waals surface area contributed by atoms with Gasteiger partial charge in [-0.15, -0.1) is 0 Å². The van der Waals surface area contributed by atoms with Crippen LogP contribution in [0.25, 0.3) is 0 Å². The van der Waals surface area contributed by atoms with Crippen LogP contribution in [-0.4, -0.2) is 12.5 Å². The molecule has 0 unspecified atom stereocenters. The number of nitrogens with zero attached hydrogens (tertiary/aromatic N) is 1. The summed E-state index contributed by atoms with van der Waals surface area (Å²) in [4.78, 5) is 15.7. The first-order valence-electron chi connectivity index (χ1n) is 9.43. The van der Waals surface area contributed by atoms with Gasteiger partial charge in [0.1, 0.15) is 11.5 Å². The summed E-state index contributed by atoms with van der Waals surface area (Å²) < 4.78 is 6.05. The fraction of sp³-hybridized carbons (Fsp3) is 0.208. The molecular weight excluding hydrogens is 334 g/mol. The van der Waals surface area contributed by atoms with Gasteiger partial charge in [-0.05, 0) is 43.2 Å². The first kappa shape index (κ1) is 17.3. The van der Waals surface area contributed by atoms with Crippen molar-refractivity contribution in [2.24, 2.45) is 0 Å². The molecule has 1 aliphatic rings. The Balaban J connectivity index is 1.82. The number of para-hydroxylation sites is 2. The Morgan fingerprint density at radius 2 is 1.56 bits per heavy atom. The zero-order valence-electron chi connectivity index (χ0n) is 15.7. The number of fused-ring (bicyclic) bond motifs is 2. The van der Waals surface area contributed by atoms with Gasteiger partial charge in [0.2, 0.25) is 5.91 Å². The van der Waals surface area contributed by atoms with Gasteiger partial charge in [0.05, 0.1) is 5.92 Å². The Morgan fingerprint density at radius 3 is 2.15 bits per heavy atom. The Bertz CT molecular complexity index is 934. The monoisotopic (exact) mass is 357 g/mol. The number of amides is 1. The van der Waals surface area contributed by atoms with Crippen molar-refractivity contribution >= 4 is 11.6 Å². The number of hydrogen-bond acceptors (Lipinski definition) is 2. The number of hydrogen-bond donors (Lipinski definition) is 0. The molecule has 1 heterocycles. The average molecular weight is 357 g/mol. The lowest BCUT2D eigenvalue weighted by Crippen LogP contribution is -2.37. The minimum Gasteiger partial charge on any atom is -0.457 e. The first-order valence-corrected chi connectivity index (χ1v) is 9.43. The summed E-state index contributed by atoms with van der Waals surface area (Å²) in [5, 5.41) is 0. The van der Waals surface area contributed by atoms with Crippen LogP contribution in [0.3, 0.4) is 0 Å². The van der Waals surface area contributed by atoms with Crippen molar-refractivity contribution < 1.29 is 9.53 Å². The van der Waals surface area contributed by atoms with Crippen molar-refractivity contribution in [3.8, 4) is 11.5 Å². The molecule has 0 saturated carbocycles. The standard InChI is InChI=1S/C24H23NO2/c1-3-15-25(18-10-8-9-17(2)16-18)24(26)23-19-11-4-6-13-21(19)27-22-14-7-5-12-20(22)23/h4-14,16,23H,3,15H2,1-2H3. The van der Waals surface area contributed by atoms with Gasteiger partial charge in [0, 0.05) is 23.4 Å². The Kier molecular flexibility index (Phi) is 4.68. The third-order valence-corrected chi connectivity index (χ3v) is 4.95. The van der Waals surface area contributed by atoms with Crippen LogP contribution in [0.5, 0.6) is 11.5 Å². The lowest BCUT2D eigenvalue weighted by atomic mass is 9.86. The molecule has 3 aromatic rings. The summed E-state index contributed by atoms with van der Waals surface area (Å²) >= 11 is 0. The molecule has 27 heavy (non-hydrogen) atoms. The van der Waals surface area contributed by atoms with Crippen LogP contribution in [0, 0.1) is 6.92 Å². The fourth-order valence-electron chi connectivity index (χ4n) is 3.72. The third kappa shape index (κ3) is 3.21. The molecule has 0 saturated heterocycles. The maximum Gasteiger partial charge on any atom is 0.239 e. The maximum atomic E-state index is 13.8. The van der Waals surface area contributed by atoms with Crippen LogP contribution in [0.15, 0.2) is 72.8 Å². The highest BCUT2D eigenvalue weighted by Gasteiger charge is 2.35. The Labute approximate surface area is 160 Å². The van der Waals surface area contributed by atoms with Crippen molar-refractivity contribution in [3.05, 3.63) is 89.5 Å². The van der Waals surface area contributed by atoms with E-state index in [0.29, 0.717) is 6.54 Å². The zero-order chi connectivity index (χ0) is 18.8. The molecule has 0 aromatic heterocycles. The lowest BCUT2D eigenvalue weighted by Gasteiger charge is -2.32. The van der Waals surface area contributed by atoms with Crippen LogP contribution < -0.4 is 9.64 Å². The van der Waals surface area contributed by atoms with E-state index in [2.05, 4.69) is 26.0 Å². The van der Waals surface area contributed by atoms with Crippen LogP contribution in [0.1, 0.15) is 36.0 Å². The highest BCUT2D eigenvalue weighted by Crippen LogP contribution is 2.45. The largest absolute Gasteiger partial charge is 0.457 e. The summed E-state index contributed by atoms with van der Waals surface area (Å²) in [6.45, 7) is 4.84. The number of carbonyl (C=O) groups excluding carboxylic acids is 1. The van der Waals surface area contributed by atoms with E-state index >= 15 is 0 Å². The van der Waals surface area contributed by atoms with Crippen molar-refractivity contribution in [1.29, 1.82) is 0 Å². The molecular formula is C24H23NO2. The van der Waals surface area contributed by atoms with Crippen molar-refractivity contribution in [3.63, 3.8) is 0 Å². The van der Waals surface area contributed by atoms with E-state index in [4.69, 9.17) is 4.74 Å². The number of aryl methyl sites for hydroxylation is 1. The Morgan fingerprint density at radius 1 is 0.926 bits per heavy atom. The topological polar surface area (TPSA) is 29.5 Å². The number of benzene rings is 3. The molecule has 0 fully saturated rings. The second-order valence-electron chi connectivity index (χ2n) is 6.94. The van der Waals surface area contributed by atoms with Gasteiger partial charge in [0.25, 0.3) is 0 Å². The molecule has 1 amide bonds. The van der Waals surface area contributed by atoms with Crippen molar-refractivity contribution in [2.75, 3.05) is 11.4 Å². The van der Waals surface area contributed by atoms with E-state index in [1.54, 1.807) is 0 Å². The average Bonchev–Trinajstić information content (AvgIpc) is 2.69. The first-order chi connectivity index (χ1) is 13.2. The number of anilines is 1. The molecule has 3 heteroatoms. The lowest BCUT2D eigenvalue weighted by molar-refractivity contribution is -0.119. The molecule has 4 rings (SSSR count). The molecule has 0 bridgehead atoms. The summed E-state index contributed by atoms with van der Waals surface area (Å²) in [7, 11) is 0. The highest BCUT2D eigenvalue weighted by molar-refractivity contribution is 6.01. The normalized spacial score (nSPS) is 12.7. The second-order valence-corrected chi connectivity index (χ2v) is 6.94. The molecule has 1 aliphatic heterocycles. The summed E-state index contributed by atoms with van der Waals surface area (Å²) in [5.41, 5.74) is 3.95. The van der Waals surface area contributed by atoms with E-state index in [9.17, 15) is 4.79 Å². The van der Waals surface area contributed by atoms with E-state index in [1.165, 1.54) is 0 Å². The molecule has 0 N–H and O–H groups in total. The van der Waals surface area contributed by atoms with Crippen LogP contribution in [-0.2, 0) is 4.79 Å². The second kappa shape index (κ2) is 7.28. The predicted octanol–water partition coefficient (Wildman–Crippen LogP) is 5.68. The smallest absolute Gasteiger partial charge is 0.239 e. The van der Waals surface area contributed by atoms with Crippen LogP contribution in [0.4, 0.5) is 5.69 Å². The molecule has 0 atom stereocenters. The van der Waals surface area contributed by atoms with E-state index < -0.39 is 0 Å². The number of carbonyl (C=O) groups is 1. The highest BCUT2D eigenvalue weighted by atomic mass is 16.5. The van der Waals surface area contributed by atoms with Gasteiger partial charge in [-0.1, -0.05) is 55.5 Å². The van der Waals surface area contributed by atoms with Crippen LogP contribution in [0.2, 0.25) is 0 Å². The molecule has 0 radical (unpaired) electrons. The van der Waals surface area contributed by atoms with E-state index in [0.717, 1.165) is 40.3 Å². The molecule has 3 aromatic carbocycles. The summed E-state index contributed by atoms with van der Waals surface area (Å²) in [5.74, 6) is 1.24. The van der Waals surface area contributed by atoms with Crippen LogP contribution >= 0.6 is 0 Å². The maximum absolute atomic E-state index is 13.8. The van der Waals surface area contributed by atoms with Gasteiger partial charge < -0.3 is 9.64 Å². The van der Waals surface area contributed by atoms with E-state index in [-0.39, 0.29) is 11.8 Å². The predicted molar refractivity (Wildman–Crippen MR) is 109 cm³/mol. The SMILES string of the molecule is CCCN(C(=O)C1c2ccccc2Oc2ccccc21)c1cccc(C)c1.